The van der Waals surface area contributed by atoms with E-state index in [0.29, 0.717) is 24.5 Å². The zero-order chi connectivity index (χ0) is 12.4. The molecule has 0 spiro atoms. The molecular formula is C12H16N2O3. The van der Waals surface area contributed by atoms with E-state index in [0.717, 1.165) is 5.69 Å². The number of nitrogens with zero attached hydrogens (tertiary/aromatic N) is 1. The number of anilines is 1. The molecule has 1 fully saturated rings. The van der Waals surface area contributed by atoms with Crippen molar-refractivity contribution in [3.63, 3.8) is 0 Å². The minimum Gasteiger partial charge on any atom is -0.497 e. The van der Waals surface area contributed by atoms with Crippen molar-refractivity contribution in [2.75, 3.05) is 25.7 Å². The summed E-state index contributed by atoms with van der Waals surface area (Å²) >= 11 is 0. The Balaban J connectivity index is 2.34. The van der Waals surface area contributed by atoms with Crippen molar-refractivity contribution in [2.24, 2.45) is 5.73 Å². The van der Waals surface area contributed by atoms with E-state index in [1.165, 1.54) is 0 Å². The van der Waals surface area contributed by atoms with Crippen LogP contribution in [0.15, 0.2) is 18.2 Å². The number of carbonyl (C=O) groups is 1. The van der Waals surface area contributed by atoms with Crippen molar-refractivity contribution in [1.29, 1.82) is 0 Å². The monoisotopic (exact) mass is 236 g/mol. The number of hydrogen-bond donors (Lipinski definition) is 1. The Morgan fingerprint density at radius 2 is 1.82 bits per heavy atom. The Hall–Kier alpha value is -1.75. The molecule has 0 radical (unpaired) electrons. The van der Waals surface area contributed by atoms with Gasteiger partial charge in [-0.1, -0.05) is 0 Å². The minimum atomic E-state index is -0.0975. The molecule has 1 atom stereocenters. The van der Waals surface area contributed by atoms with Crippen molar-refractivity contribution >= 4 is 11.6 Å². The van der Waals surface area contributed by atoms with Gasteiger partial charge in [0.2, 0.25) is 5.91 Å². The normalized spacial score (nSPS) is 19.6. The first kappa shape index (κ1) is 11.7. The molecule has 1 aromatic carbocycles. The third-order valence-electron chi connectivity index (χ3n) is 2.80. The van der Waals surface area contributed by atoms with Gasteiger partial charge in [-0.25, -0.2) is 0 Å². The van der Waals surface area contributed by atoms with Crippen molar-refractivity contribution in [2.45, 2.75) is 12.5 Å². The summed E-state index contributed by atoms with van der Waals surface area (Å²) in [5.74, 6) is 1.35. The topological polar surface area (TPSA) is 64.8 Å². The molecule has 2 rings (SSSR count). The zero-order valence-electron chi connectivity index (χ0n) is 9.97. The molecule has 92 valence electrons. The molecule has 1 aliphatic heterocycles. The maximum atomic E-state index is 11.7. The van der Waals surface area contributed by atoms with E-state index >= 15 is 0 Å². The quantitative estimate of drug-likeness (QED) is 0.841. The largest absolute Gasteiger partial charge is 0.497 e. The summed E-state index contributed by atoms with van der Waals surface area (Å²) in [7, 11) is 3.16. The van der Waals surface area contributed by atoms with Crippen molar-refractivity contribution in [3.05, 3.63) is 18.2 Å². The third-order valence-corrected chi connectivity index (χ3v) is 2.80. The molecule has 0 bridgehead atoms. The van der Waals surface area contributed by atoms with Gasteiger partial charge in [0.25, 0.3) is 0 Å². The van der Waals surface area contributed by atoms with Crippen molar-refractivity contribution < 1.29 is 14.3 Å². The lowest BCUT2D eigenvalue weighted by Crippen LogP contribution is -2.27. The molecule has 2 N–H and O–H groups in total. The van der Waals surface area contributed by atoms with Crippen molar-refractivity contribution in [3.8, 4) is 11.5 Å². The highest BCUT2D eigenvalue weighted by molar-refractivity contribution is 5.96. The first-order chi connectivity index (χ1) is 8.13. The lowest BCUT2D eigenvalue weighted by Gasteiger charge is -2.18. The summed E-state index contributed by atoms with van der Waals surface area (Å²) in [6.07, 6.45) is 0.388. The Morgan fingerprint density at radius 3 is 2.24 bits per heavy atom. The number of nitrogens with two attached hydrogens (primary N) is 1. The van der Waals surface area contributed by atoms with Crippen LogP contribution in [0.4, 0.5) is 5.69 Å². The second-order valence-corrected chi connectivity index (χ2v) is 4.04. The summed E-state index contributed by atoms with van der Waals surface area (Å²) in [5, 5.41) is 0. The number of amides is 1. The van der Waals surface area contributed by atoms with E-state index < -0.39 is 0 Å². The predicted octanol–water partition coefficient (Wildman–Crippen LogP) is 0.768. The smallest absolute Gasteiger partial charge is 0.228 e. The van der Waals surface area contributed by atoms with Crippen LogP contribution in [-0.4, -0.2) is 32.7 Å². The van der Waals surface area contributed by atoms with E-state index in [9.17, 15) is 4.79 Å². The molecule has 1 amide bonds. The average molecular weight is 236 g/mol. The Morgan fingerprint density at radius 1 is 1.24 bits per heavy atom. The fourth-order valence-corrected chi connectivity index (χ4v) is 1.93. The maximum Gasteiger partial charge on any atom is 0.228 e. The van der Waals surface area contributed by atoms with Crippen LogP contribution in [0, 0.1) is 0 Å². The Kier molecular flexibility index (Phi) is 3.19. The van der Waals surface area contributed by atoms with Gasteiger partial charge in [-0.15, -0.1) is 0 Å². The highest BCUT2D eigenvalue weighted by atomic mass is 16.5. The average Bonchev–Trinajstić information content (AvgIpc) is 2.67. The van der Waals surface area contributed by atoms with E-state index in [2.05, 4.69) is 0 Å². The molecule has 0 unspecified atom stereocenters. The van der Waals surface area contributed by atoms with Crippen molar-refractivity contribution in [1.82, 2.24) is 0 Å². The maximum absolute atomic E-state index is 11.7. The Bertz CT molecular complexity index is 412. The van der Waals surface area contributed by atoms with Gasteiger partial charge in [-0.05, 0) is 0 Å². The van der Waals surface area contributed by atoms with Gasteiger partial charge in [-0.2, -0.15) is 0 Å². The van der Waals surface area contributed by atoms with Crippen LogP contribution >= 0.6 is 0 Å². The number of ether oxygens (including phenoxy) is 2. The van der Waals surface area contributed by atoms with E-state index in [-0.39, 0.29) is 11.9 Å². The molecule has 1 aliphatic rings. The predicted molar refractivity (Wildman–Crippen MR) is 64.5 cm³/mol. The molecular weight excluding hydrogens is 220 g/mol. The summed E-state index contributed by atoms with van der Waals surface area (Å²) in [6, 6.07) is 5.28. The molecule has 17 heavy (non-hydrogen) atoms. The third kappa shape index (κ3) is 2.34. The number of carbonyl (C=O) groups excluding carboxylic acids is 1. The van der Waals surface area contributed by atoms with Gasteiger partial charge in [0, 0.05) is 37.2 Å². The van der Waals surface area contributed by atoms with E-state index in [1.54, 1.807) is 37.3 Å². The lowest BCUT2D eigenvalue weighted by molar-refractivity contribution is -0.117. The van der Waals surface area contributed by atoms with Crippen LogP contribution in [0.2, 0.25) is 0 Å². The van der Waals surface area contributed by atoms with Gasteiger partial charge in [0.1, 0.15) is 11.5 Å². The van der Waals surface area contributed by atoms with Gasteiger partial charge in [0.05, 0.1) is 19.9 Å². The molecule has 1 aromatic rings. The molecule has 5 nitrogen and oxygen atoms in total. The first-order valence-corrected chi connectivity index (χ1v) is 5.43. The fourth-order valence-electron chi connectivity index (χ4n) is 1.93. The van der Waals surface area contributed by atoms with Gasteiger partial charge in [0.15, 0.2) is 0 Å². The zero-order valence-corrected chi connectivity index (χ0v) is 9.97. The Labute approximate surface area is 100 Å². The summed E-state index contributed by atoms with van der Waals surface area (Å²) in [4.78, 5) is 13.4. The van der Waals surface area contributed by atoms with E-state index in [1.807, 2.05) is 0 Å². The summed E-state index contributed by atoms with van der Waals surface area (Å²) in [5.41, 5.74) is 6.53. The highest BCUT2D eigenvalue weighted by Gasteiger charge is 2.28. The van der Waals surface area contributed by atoms with Gasteiger partial charge < -0.3 is 20.1 Å². The van der Waals surface area contributed by atoms with Crippen LogP contribution in [0.1, 0.15) is 6.42 Å². The second-order valence-electron chi connectivity index (χ2n) is 4.04. The molecule has 1 heterocycles. The van der Waals surface area contributed by atoms with Crippen LogP contribution in [-0.2, 0) is 4.79 Å². The van der Waals surface area contributed by atoms with Crippen LogP contribution in [0.5, 0.6) is 11.5 Å². The standard InChI is InChI=1S/C12H16N2O3/c1-16-10-4-9(5-11(6-10)17-2)14-7-8(13)3-12(14)15/h4-6,8H,3,7,13H2,1-2H3/t8-/m1/s1. The lowest BCUT2D eigenvalue weighted by atomic mass is 10.2. The van der Waals surface area contributed by atoms with Gasteiger partial charge in [-0.3, -0.25) is 4.79 Å². The highest BCUT2D eigenvalue weighted by Crippen LogP contribution is 2.30. The number of rotatable bonds is 3. The van der Waals surface area contributed by atoms with Crippen LogP contribution < -0.4 is 20.1 Å². The molecule has 0 aromatic heterocycles. The summed E-state index contributed by atoms with van der Waals surface area (Å²) in [6.45, 7) is 0.537. The fraction of sp³-hybridized carbons (Fsp3) is 0.417. The first-order valence-electron chi connectivity index (χ1n) is 5.43. The van der Waals surface area contributed by atoms with Crippen LogP contribution in [0.25, 0.3) is 0 Å². The van der Waals surface area contributed by atoms with Crippen LogP contribution in [0.3, 0.4) is 0 Å². The molecule has 1 saturated heterocycles. The SMILES string of the molecule is COc1cc(OC)cc(N2C[C@H](N)CC2=O)c1. The summed E-state index contributed by atoms with van der Waals surface area (Å²) < 4.78 is 10.3. The molecule has 5 heteroatoms. The van der Waals surface area contributed by atoms with E-state index in [4.69, 9.17) is 15.2 Å². The van der Waals surface area contributed by atoms with Gasteiger partial charge >= 0.3 is 0 Å². The number of methoxy groups -OCH3 is 2. The molecule has 0 aliphatic carbocycles. The second kappa shape index (κ2) is 4.63. The number of hydrogen-bond acceptors (Lipinski definition) is 4. The number of benzene rings is 1. The molecule has 0 saturated carbocycles. The minimum absolute atomic E-state index is 0.0350.